The molecule has 2 rings (SSSR count). The van der Waals surface area contributed by atoms with Gasteiger partial charge in [-0.1, -0.05) is 19.9 Å². The van der Waals surface area contributed by atoms with E-state index in [4.69, 9.17) is 0 Å². The third-order valence-electron chi connectivity index (χ3n) is 3.35. The number of thiophene rings is 1. The number of nitrogens with one attached hydrogen (secondary N) is 1. The van der Waals surface area contributed by atoms with Crippen molar-refractivity contribution >= 4 is 17.2 Å². The fourth-order valence-corrected chi connectivity index (χ4v) is 2.93. The first-order chi connectivity index (χ1) is 9.15. The van der Waals surface area contributed by atoms with Crippen molar-refractivity contribution in [2.75, 3.05) is 32.7 Å². The highest BCUT2D eigenvalue weighted by Crippen LogP contribution is 2.13. The van der Waals surface area contributed by atoms with Crippen LogP contribution in [0, 0.1) is 0 Å². The van der Waals surface area contributed by atoms with Crippen molar-refractivity contribution in [2.24, 2.45) is 0 Å². The number of carbonyl (C=O) groups excluding carboxylic acids is 1. The molecule has 106 valence electrons. The fraction of sp³-hybridized carbons (Fsp3) is 0.643. The SMILES string of the molecule is CC(C)NCC(=O)N1CCN(Cc2cccs2)CC1. The standard InChI is InChI=1S/C14H23N3OS/c1-12(2)15-10-14(18)17-7-5-16(6-8-17)11-13-4-3-9-19-13/h3-4,9,12,15H,5-8,10-11H2,1-2H3. The summed E-state index contributed by atoms with van der Waals surface area (Å²) in [6.45, 7) is 9.26. The molecule has 0 atom stereocenters. The lowest BCUT2D eigenvalue weighted by molar-refractivity contribution is -0.132. The van der Waals surface area contributed by atoms with Gasteiger partial charge in [-0.3, -0.25) is 9.69 Å². The van der Waals surface area contributed by atoms with Crippen molar-refractivity contribution in [3.05, 3.63) is 22.4 Å². The second kappa shape index (κ2) is 7.03. The van der Waals surface area contributed by atoms with Crippen molar-refractivity contribution in [1.82, 2.24) is 15.1 Å². The summed E-state index contributed by atoms with van der Waals surface area (Å²) in [5.74, 6) is 0.226. The smallest absolute Gasteiger partial charge is 0.236 e. The zero-order valence-corrected chi connectivity index (χ0v) is 12.6. The molecule has 5 heteroatoms. The van der Waals surface area contributed by atoms with Crippen LogP contribution in [0.4, 0.5) is 0 Å². The zero-order valence-electron chi connectivity index (χ0n) is 11.8. The molecule has 0 unspecified atom stereocenters. The molecule has 0 bridgehead atoms. The van der Waals surface area contributed by atoms with Gasteiger partial charge in [0.2, 0.25) is 5.91 Å². The molecule has 1 aliphatic heterocycles. The Morgan fingerprint density at radius 1 is 1.37 bits per heavy atom. The van der Waals surface area contributed by atoms with Gasteiger partial charge in [0, 0.05) is 43.6 Å². The number of carbonyl (C=O) groups is 1. The molecule has 1 saturated heterocycles. The van der Waals surface area contributed by atoms with Crippen molar-refractivity contribution < 1.29 is 4.79 Å². The van der Waals surface area contributed by atoms with Gasteiger partial charge >= 0.3 is 0 Å². The molecule has 1 amide bonds. The van der Waals surface area contributed by atoms with Gasteiger partial charge in [0.1, 0.15) is 0 Å². The van der Waals surface area contributed by atoms with Crippen molar-refractivity contribution in [3.8, 4) is 0 Å². The third kappa shape index (κ3) is 4.60. The number of hydrogen-bond acceptors (Lipinski definition) is 4. The summed E-state index contributed by atoms with van der Waals surface area (Å²) < 4.78 is 0. The van der Waals surface area contributed by atoms with Crippen LogP contribution in [0.5, 0.6) is 0 Å². The molecule has 1 aromatic rings. The Hall–Kier alpha value is -0.910. The number of hydrogen-bond donors (Lipinski definition) is 1. The van der Waals surface area contributed by atoms with E-state index in [1.54, 1.807) is 11.3 Å². The van der Waals surface area contributed by atoms with Gasteiger partial charge in [0.25, 0.3) is 0 Å². The minimum atomic E-state index is 0.226. The van der Waals surface area contributed by atoms with Crippen LogP contribution >= 0.6 is 11.3 Å². The van der Waals surface area contributed by atoms with Gasteiger partial charge in [0.15, 0.2) is 0 Å². The molecule has 4 nitrogen and oxygen atoms in total. The van der Waals surface area contributed by atoms with Crippen molar-refractivity contribution in [1.29, 1.82) is 0 Å². The molecule has 1 aliphatic rings. The van der Waals surface area contributed by atoms with Crippen LogP contribution in [0.15, 0.2) is 17.5 Å². The van der Waals surface area contributed by atoms with Crippen LogP contribution in [0.2, 0.25) is 0 Å². The van der Waals surface area contributed by atoms with Gasteiger partial charge in [-0.2, -0.15) is 0 Å². The maximum Gasteiger partial charge on any atom is 0.236 e. The van der Waals surface area contributed by atoms with E-state index in [1.165, 1.54) is 4.88 Å². The van der Waals surface area contributed by atoms with E-state index in [-0.39, 0.29) is 5.91 Å². The van der Waals surface area contributed by atoms with Crippen LogP contribution < -0.4 is 5.32 Å². The molecule has 0 saturated carbocycles. The summed E-state index contributed by atoms with van der Waals surface area (Å²) in [5.41, 5.74) is 0. The Kier molecular flexibility index (Phi) is 5.36. The van der Waals surface area contributed by atoms with E-state index in [9.17, 15) is 4.79 Å². The predicted molar refractivity (Wildman–Crippen MR) is 79.3 cm³/mol. The average molecular weight is 281 g/mol. The number of nitrogens with zero attached hydrogens (tertiary/aromatic N) is 2. The first-order valence-corrected chi connectivity index (χ1v) is 7.79. The molecular formula is C14H23N3OS. The summed E-state index contributed by atoms with van der Waals surface area (Å²) in [6, 6.07) is 4.63. The topological polar surface area (TPSA) is 35.6 Å². The fourth-order valence-electron chi connectivity index (χ4n) is 2.18. The van der Waals surface area contributed by atoms with Gasteiger partial charge in [-0.15, -0.1) is 11.3 Å². The summed E-state index contributed by atoms with van der Waals surface area (Å²) in [5, 5.41) is 5.30. The molecule has 0 spiro atoms. The third-order valence-corrected chi connectivity index (χ3v) is 4.21. The predicted octanol–water partition coefficient (Wildman–Crippen LogP) is 1.39. The van der Waals surface area contributed by atoms with Crippen LogP contribution in [0.25, 0.3) is 0 Å². The molecule has 2 heterocycles. The zero-order chi connectivity index (χ0) is 13.7. The van der Waals surface area contributed by atoms with Crippen LogP contribution in [0.1, 0.15) is 18.7 Å². The van der Waals surface area contributed by atoms with Gasteiger partial charge in [-0.05, 0) is 11.4 Å². The molecule has 0 aliphatic carbocycles. The quantitative estimate of drug-likeness (QED) is 0.886. The van der Waals surface area contributed by atoms with Gasteiger partial charge in [0.05, 0.1) is 6.54 Å². The van der Waals surface area contributed by atoms with E-state index >= 15 is 0 Å². The Morgan fingerprint density at radius 2 is 2.11 bits per heavy atom. The van der Waals surface area contributed by atoms with Gasteiger partial charge < -0.3 is 10.2 Å². The molecule has 1 N–H and O–H groups in total. The molecule has 19 heavy (non-hydrogen) atoms. The van der Waals surface area contributed by atoms with E-state index in [0.29, 0.717) is 12.6 Å². The molecule has 0 radical (unpaired) electrons. The lowest BCUT2D eigenvalue weighted by Crippen LogP contribution is -2.50. The lowest BCUT2D eigenvalue weighted by atomic mass is 10.3. The van der Waals surface area contributed by atoms with Crippen molar-refractivity contribution in [3.63, 3.8) is 0 Å². The average Bonchev–Trinajstić information content (AvgIpc) is 2.89. The second-order valence-corrected chi connectivity index (χ2v) is 6.30. The first kappa shape index (κ1) is 14.5. The van der Waals surface area contributed by atoms with E-state index in [1.807, 2.05) is 4.90 Å². The van der Waals surface area contributed by atoms with Crippen LogP contribution in [-0.2, 0) is 11.3 Å². The van der Waals surface area contributed by atoms with E-state index in [0.717, 1.165) is 32.7 Å². The normalized spacial score (nSPS) is 17.1. The summed E-state index contributed by atoms with van der Waals surface area (Å²) >= 11 is 1.80. The van der Waals surface area contributed by atoms with E-state index in [2.05, 4.69) is 41.6 Å². The molecule has 0 aromatic carbocycles. The van der Waals surface area contributed by atoms with Gasteiger partial charge in [-0.25, -0.2) is 0 Å². The number of piperazine rings is 1. The molecule has 1 fully saturated rings. The monoisotopic (exact) mass is 281 g/mol. The minimum Gasteiger partial charge on any atom is -0.339 e. The number of amides is 1. The summed E-state index contributed by atoms with van der Waals surface area (Å²) in [7, 11) is 0. The first-order valence-electron chi connectivity index (χ1n) is 6.91. The maximum atomic E-state index is 12.0. The minimum absolute atomic E-state index is 0.226. The molecular weight excluding hydrogens is 258 g/mol. The highest BCUT2D eigenvalue weighted by atomic mass is 32.1. The molecule has 1 aromatic heterocycles. The highest BCUT2D eigenvalue weighted by Gasteiger charge is 2.20. The highest BCUT2D eigenvalue weighted by molar-refractivity contribution is 7.09. The maximum absolute atomic E-state index is 12.0. The summed E-state index contributed by atoms with van der Waals surface area (Å²) in [4.78, 5) is 17.8. The lowest BCUT2D eigenvalue weighted by Gasteiger charge is -2.34. The Morgan fingerprint density at radius 3 is 2.68 bits per heavy atom. The Labute approximate surface area is 119 Å². The second-order valence-electron chi connectivity index (χ2n) is 5.27. The van der Waals surface area contributed by atoms with Crippen molar-refractivity contribution in [2.45, 2.75) is 26.4 Å². The largest absolute Gasteiger partial charge is 0.339 e. The van der Waals surface area contributed by atoms with Crippen LogP contribution in [-0.4, -0.2) is 54.5 Å². The van der Waals surface area contributed by atoms with E-state index < -0.39 is 0 Å². The Balaban J connectivity index is 1.71. The number of rotatable bonds is 5. The Bertz CT molecular complexity index is 383. The van der Waals surface area contributed by atoms with Crippen LogP contribution in [0.3, 0.4) is 0 Å². The summed E-state index contributed by atoms with van der Waals surface area (Å²) in [6.07, 6.45) is 0.